The van der Waals surface area contributed by atoms with Gasteiger partial charge in [0.1, 0.15) is 47.6 Å². The van der Waals surface area contributed by atoms with Gasteiger partial charge in [0.2, 0.25) is 29.5 Å². The Labute approximate surface area is 397 Å². The van der Waals surface area contributed by atoms with Crippen molar-refractivity contribution in [2.24, 2.45) is 17.6 Å². The summed E-state index contributed by atoms with van der Waals surface area (Å²) in [6, 6.07) is 7.37. The Morgan fingerprint density at radius 2 is 1.29 bits per heavy atom. The molecule has 0 saturated carbocycles. The topological polar surface area (TPSA) is 285 Å². The predicted molar refractivity (Wildman–Crippen MR) is 247 cm³/mol. The first-order valence-electron chi connectivity index (χ1n) is 23.2. The second kappa shape index (κ2) is 25.0. The zero-order chi connectivity index (χ0) is 50.3. The first kappa shape index (κ1) is 54.0. The molecule has 2 aromatic carbocycles. The van der Waals surface area contributed by atoms with Gasteiger partial charge in [-0.25, -0.2) is 9.59 Å². The normalized spacial score (nSPS) is 17.2. The Morgan fingerprint density at radius 1 is 0.735 bits per heavy atom. The number of phenols is 1. The number of carbonyl (C=O) groups excluding carboxylic acids is 9. The number of likely N-dealkylation sites (tertiary alicyclic amines) is 1. The molecule has 2 aliphatic rings. The van der Waals surface area contributed by atoms with Gasteiger partial charge in [0.05, 0.1) is 0 Å². The summed E-state index contributed by atoms with van der Waals surface area (Å²) in [4.78, 5) is 128. The number of amides is 8. The molecule has 6 atom stereocenters. The second-order valence-corrected chi connectivity index (χ2v) is 18.9. The highest BCUT2D eigenvalue weighted by atomic mass is 16.7. The average molecular weight is 949 g/mol. The highest BCUT2D eigenvalue weighted by Gasteiger charge is 2.40. The molecule has 20 nitrogen and oxygen atoms in total. The molecule has 2 fully saturated rings. The van der Waals surface area contributed by atoms with Gasteiger partial charge in [-0.1, -0.05) is 70.2 Å². The molecule has 8 N–H and O–H groups in total. The molecule has 372 valence electrons. The number of imide groups is 1. The third-order valence-electron chi connectivity index (χ3n) is 11.2. The summed E-state index contributed by atoms with van der Waals surface area (Å²) >= 11 is 0. The Bertz CT molecular complexity index is 2090. The third kappa shape index (κ3) is 16.3. The number of aromatic hydroxyl groups is 1. The van der Waals surface area contributed by atoms with Gasteiger partial charge in [0.25, 0.3) is 11.8 Å². The molecule has 0 aromatic heterocycles. The van der Waals surface area contributed by atoms with Crippen LogP contribution >= 0.6 is 0 Å². The van der Waals surface area contributed by atoms with Gasteiger partial charge in [0.15, 0.2) is 0 Å². The first-order valence-corrected chi connectivity index (χ1v) is 23.2. The maximum Gasteiger partial charge on any atom is 0.410 e. The van der Waals surface area contributed by atoms with Crippen molar-refractivity contribution in [1.82, 2.24) is 36.5 Å². The smallest absolute Gasteiger partial charge is 0.410 e. The standard InChI is InChI=1S/C48H68N8O12/c1-28(2)25-34(42(61)53-36(27-30-13-9-8-10-14-30)46(65)68-56-38(58)21-22-39(56)59)51-41(60)33(15-11-23-49)50-45(64)40(29(3)4)54-43(62)35(26-31-17-19-32(57)20-18-31)52-44(63)37-16-12-24-55(37)47(66)67-48(5,6)7/h8-10,13-14,17-20,28-29,33-37,40,57H,11-12,15-16,21-27,49H2,1-7H3,(H,50,64)(H,51,60)(H,52,63)(H,53,61)(H,54,62)/t33-,34-,35+,36+,37-,40-/m0/s1. The van der Waals surface area contributed by atoms with E-state index in [0.29, 0.717) is 29.0 Å². The fraction of sp³-hybridized carbons (Fsp3) is 0.562. The van der Waals surface area contributed by atoms with Gasteiger partial charge in [-0.15, -0.1) is 5.06 Å². The molecule has 8 amide bonds. The molecular weight excluding hydrogens is 881 g/mol. The summed E-state index contributed by atoms with van der Waals surface area (Å²) in [5.74, 6) is -6.78. The molecular formula is C48H68N8O12. The molecule has 0 radical (unpaired) electrons. The summed E-state index contributed by atoms with van der Waals surface area (Å²) in [7, 11) is 0. The second-order valence-electron chi connectivity index (χ2n) is 18.9. The minimum Gasteiger partial charge on any atom is -0.508 e. The number of carbonyl (C=O) groups is 9. The van der Waals surface area contributed by atoms with Crippen LogP contribution in [0.2, 0.25) is 0 Å². The molecule has 4 rings (SSSR count). The van der Waals surface area contributed by atoms with E-state index in [0.717, 1.165) is 0 Å². The first-order chi connectivity index (χ1) is 32.1. The average Bonchev–Trinajstić information content (AvgIpc) is 3.89. The SMILES string of the molecule is CC(C)C[C@H](NC(=O)[C@H](CCCN)NC(=O)[C@@H](NC(=O)[C@@H](Cc1ccc(O)cc1)NC(=O)[C@@H]1CCCN1C(=O)OC(C)(C)C)C(C)C)C(=O)N[C@H](Cc1ccccc1)C(=O)ON1C(=O)CCC1=O. The van der Waals surface area contributed by atoms with Crippen molar-refractivity contribution >= 4 is 53.4 Å². The summed E-state index contributed by atoms with van der Waals surface area (Å²) in [6.07, 6.45) is 0.206. The van der Waals surface area contributed by atoms with Crippen molar-refractivity contribution in [3.05, 3.63) is 65.7 Å². The van der Waals surface area contributed by atoms with E-state index in [9.17, 15) is 48.3 Å². The monoisotopic (exact) mass is 948 g/mol. The predicted octanol–water partition coefficient (Wildman–Crippen LogP) is 2.05. The van der Waals surface area contributed by atoms with E-state index in [4.69, 9.17) is 15.3 Å². The Morgan fingerprint density at radius 3 is 1.88 bits per heavy atom. The third-order valence-corrected chi connectivity index (χ3v) is 11.2. The van der Waals surface area contributed by atoms with E-state index in [2.05, 4.69) is 26.6 Å². The van der Waals surface area contributed by atoms with Gasteiger partial charge in [-0.05, 0) is 94.5 Å². The van der Waals surface area contributed by atoms with Gasteiger partial charge in [-0.2, -0.15) is 0 Å². The van der Waals surface area contributed by atoms with E-state index < -0.39 is 101 Å². The number of rotatable bonds is 22. The quantitative estimate of drug-likeness (QED) is 0.0834. The highest BCUT2D eigenvalue weighted by Crippen LogP contribution is 2.22. The van der Waals surface area contributed by atoms with Crippen molar-refractivity contribution in [1.29, 1.82) is 0 Å². The van der Waals surface area contributed by atoms with Crippen molar-refractivity contribution in [3.63, 3.8) is 0 Å². The highest BCUT2D eigenvalue weighted by molar-refractivity contribution is 6.02. The lowest BCUT2D eigenvalue weighted by Crippen LogP contribution is -2.61. The number of hydrogen-bond donors (Lipinski definition) is 7. The van der Waals surface area contributed by atoms with Crippen LogP contribution in [0.3, 0.4) is 0 Å². The fourth-order valence-corrected chi connectivity index (χ4v) is 7.67. The molecule has 20 heteroatoms. The number of ether oxygens (including phenoxy) is 1. The Hall–Kier alpha value is -6.57. The summed E-state index contributed by atoms with van der Waals surface area (Å²) in [5, 5.41) is 23.9. The van der Waals surface area contributed by atoms with Crippen LogP contribution in [0.15, 0.2) is 54.6 Å². The van der Waals surface area contributed by atoms with Gasteiger partial charge < -0.3 is 47.0 Å². The van der Waals surface area contributed by atoms with Crippen LogP contribution in [-0.2, 0) is 60.8 Å². The van der Waals surface area contributed by atoms with Crippen molar-refractivity contribution in [2.75, 3.05) is 13.1 Å². The van der Waals surface area contributed by atoms with Crippen LogP contribution in [0.4, 0.5) is 4.79 Å². The number of hydrogen-bond acceptors (Lipinski definition) is 13. The molecule has 68 heavy (non-hydrogen) atoms. The zero-order valence-corrected chi connectivity index (χ0v) is 40.0. The lowest BCUT2D eigenvalue weighted by molar-refractivity contribution is -0.199. The molecule has 0 spiro atoms. The summed E-state index contributed by atoms with van der Waals surface area (Å²) in [5.41, 5.74) is 6.22. The molecule has 0 unspecified atom stereocenters. The minimum absolute atomic E-state index is 0.0129. The molecule has 2 aromatic rings. The van der Waals surface area contributed by atoms with E-state index in [1.54, 1.807) is 77.1 Å². The van der Waals surface area contributed by atoms with E-state index in [1.165, 1.54) is 17.0 Å². The van der Waals surface area contributed by atoms with Crippen LogP contribution in [0.5, 0.6) is 5.75 Å². The van der Waals surface area contributed by atoms with E-state index in [-0.39, 0.29) is 69.7 Å². The summed E-state index contributed by atoms with van der Waals surface area (Å²) < 4.78 is 5.53. The largest absolute Gasteiger partial charge is 0.508 e. The van der Waals surface area contributed by atoms with Crippen LogP contribution in [-0.4, -0.2) is 123 Å². The van der Waals surface area contributed by atoms with Gasteiger partial charge in [0, 0.05) is 32.2 Å². The molecule has 2 aliphatic heterocycles. The Kier molecular flexibility index (Phi) is 19.9. The molecule has 0 bridgehead atoms. The van der Waals surface area contributed by atoms with Crippen molar-refractivity contribution in [3.8, 4) is 5.75 Å². The van der Waals surface area contributed by atoms with Crippen LogP contribution in [0.25, 0.3) is 0 Å². The number of hydroxylamine groups is 2. The Balaban J connectivity index is 1.53. The number of phenolic OH excluding ortho intramolecular Hbond substituents is 1. The maximum atomic E-state index is 14.2. The van der Waals surface area contributed by atoms with Crippen LogP contribution in [0.1, 0.15) is 105 Å². The lowest BCUT2D eigenvalue weighted by Gasteiger charge is -2.30. The molecule has 2 heterocycles. The number of benzene rings is 2. The molecule has 0 aliphatic carbocycles. The minimum atomic E-state index is -1.38. The van der Waals surface area contributed by atoms with Crippen molar-refractivity contribution < 1.29 is 57.8 Å². The summed E-state index contributed by atoms with van der Waals surface area (Å²) in [6.45, 7) is 12.6. The fourth-order valence-electron chi connectivity index (χ4n) is 7.67. The lowest BCUT2D eigenvalue weighted by atomic mass is 9.99. The van der Waals surface area contributed by atoms with Crippen molar-refractivity contribution in [2.45, 2.75) is 148 Å². The molecule has 2 saturated heterocycles. The van der Waals surface area contributed by atoms with Crippen LogP contribution in [0, 0.1) is 11.8 Å². The van der Waals surface area contributed by atoms with Gasteiger partial charge in [-0.3, -0.25) is 38.5 Å². The number of nitrogens with one attached hydrogen (secondary N) is 5. The van der Waals surface area contributed by atoms with E-state index >= 15 is 0 Å². The zero-order valence-electron chi connectivity index (χ0n) is 40.0. The van der Waals surface area contributed by atoms with Gasteiger partial charge >= 0.3 is 12.1 Å². The maximum absolute atomic E-state index is 14.2. The number of nitrogens with two attached hydrogens (primary N) is 1. The van der Waals surface area contributed by atoms with Crippen LogP contribution < -0.4 is 32.3 Å². The number of nitrogens with zero attached hydrogens (tertiary/aromatic N) is 2. The van der Waals surface area contributed by atoms with E-state index in [1.807, 2.05) is 13.8 Å².